The third kappa shape index (κ3) is 3.29. The number of alkyl halides is 4. The van der Waals surface area contributed by atoms with Gasteiger partial charge in [0.2, 0.25) is 0 Å². The molecule has 0 amide bonds. The Bertz CT molecular complexity index is 570. The second-order valence-electron chi connectivity index (χ2n) is 4.65. The van der Waals surface area contributed by atoms with Gasteiger partial charge in [0, 0.05) is 19.0 Å². The summed E-state index contributed by atoms with van der Waals surface area (Å²) in [6, 6.07) is 1.42. The highest BCUT2D eigenvalue weighted by Crippen LogP contribution is 2.35. The van der Waals surface area contributed by atoms with Crippen LogP contribution in [0.2, 0.25) is 0 Å². The first-order valence-electron chi connectivity index (χ1n) is 5.95. The van der Waals surface area contributed by atoms with Crippen LogP contribution in [0.15, 0.2) is 15.7 Å². The molecule has 1 aromatic rings. The van der Waals surface area contributed by atoms with E-state index in [9.17, 15) is 21.6 Å². The van der Waals surface area contributed by atoms with Gasteiger partial charge >= 0.3 is 6.18 Å². The second kappa shape index (κ2) is 5.82. The zero-order chi connectivity index (χ0) is 15.0. The summed E-state index contributed by atoms with van der Waals surface area (Å²) in [6.45, 7) is -0.372. The lowest BCUT2D eigenvalue weighted by Gasteiger charge is -2.32. The van der Waals surface area contributed by atoms with E-state index in [0.717, 1.165) is 15.6 Å². The van der Waals surface area contributed by atoms with Gasteiger partial charge in [0.05, 0.1) is 5.92 Å². The van der Waals surface area contributed by atoms with Gasteiger partial charge in [-0.3, -0.25) is 0 Å². The van der Waals surface area contributed by atoms with Gasteiger partial charge in [-0.2, -0.15) is 17.5 Å². The topological polar surface area (TPSA) is 37.4 Å². The van der Waals surface area contributed by atoms with Crippen LogP contribution in [0.1, 0.15) is 18.4 Å². The van der Waals surface area contributed by atoms with E-state index in [0.29, 0.717) is 5.56 Å². The third-order valence-electron chi connectivity index (χ3n) is 3.23. The summed E-state index contributed by atoms with van der Waals surface area (Å²) in [5, 5.41) is 1.60. The Morgan fingerprint density at radius 1 is 1.45 bits per heavy atom. The number of piperidine rings is 1. The number of hydrogen-bond acceptors (Lipinski definition) is 3. The number of nitrogens with zero attached hydrogens (tertiary/aromatic N) is 1. The van der Waals surface area contributed by atoms with Crippen molar-refractivity contribution in [1.82, 2.24) is 4.31 Å². The molecule has 114 valence electrons. The summed E-state index contributed by atoms with van der Waals surface area (Å²) < 4.78 is 63.8. The van der Waals surface area contributed by atoms with E-state index in [1.807, 2.05) is 0 Å². The molecule has 0 aliphatic carbocycles. The van der Waals surface area contributed by atoms with Crippen LogP contribution in [0.4, 0.5) is 13.2 Å². The zero-order valence-electron chi connectivity index (χ0n) is 10.4. The molecule has 0 spiro atoms. The van der Waals surface area contributed by atoms with Crippen LogP contribution in [-0.2, 0) is 15.9 Å². The minimum absolute atomic E-state index is 0.0209. The summed E-state index contributed by atoms with van der Waals surface area (Å²) in [7, 11) is -3.85. The van der Waals surface area contributed by atoms with Crippen molar-refractivity contribution in [3.63, 3.8) is 0 Å². The maximum atomic E-state index is 12.7. The van der Waals surface area contributed by atoms with Gasteiger partial charge in [0.25, 0.3) is 10.0 Å². The Hall–Kier alpha value is -0.310. The molecule has 0 bridgehead atoms. The fraction of sp³-hybridized carbons (Fsp3) is 0.636. The first-order chi connectivity index (χ1) is 9.25. The summed E-state index contributed by atoms with van der Waals surface area (Å²) in [4.78, 5) is 0. The molecule has 9 heteroatoms. The van der Waals surface area contributed by atoms with Crippen LogP contribution in [0.5, 0.6) is 0 Å². The van der Waals surface area contributed by atoms with Gasteiger partial charge in [-0.05, 0) is 29.9 Å². The smallest absolute Gasteiger partial charge is 0.206 e. The van der Waals surface area contributed by atoms with Gasteiger partial charge in [-0.1, -0.05) is 0 Å². The van der Waals surface area contributed by atoms with Crippen molar-refractivity contribution in [2.75, 3.05) is 13.1 Å². The Morgan fingerprint density at radius 2 is 2.15 bits per heavy atom. The van der Waals surface area contributed by atoms with E-state index < -0.39 is 28.7 Å². The van der Waals surface area contributed by atoms with Crippen molar-refractivity contribution < 1.29 is 21.6 Å². The van der Waals surface area contributed by atoms with Gasteiger partial charge in [-0.15, -0.1) is 22.9 Å². The summed E-state index contributed by atoms with van der Waals surface area (Å²) in [5.74, 6) is -1.41. The number of halogens is 4. The van der Waals surface area contributed by atoms with E-state index in [4.69, 9.17) is 11.6 Å². The van der Waals surface area contributed by atoms with Gasteiger partial charge in [0.15, 0.2) is 0 Å². The second-order valence-corrected chi connectivity index (χ2v) is 7.99. The van der Waals surface area contributed by atoms with E-state index in [1.165, 1.54) is 6.07 Å². The normalized spacial score (nSPS) is 22.1. The first-order valence-corrected chi connectivity index (χ1v) is 8.81. The molecule has 3 nitrogen and oxygen atoms in total. The highest BCUT2D eigenvalue weighted by Gasteiger charge is 2.44. The molecular formula is C11H13ClF3NO2S2. The van der Waals surface area contributed by atoms with E-state index in [1.54, 1.807) is 5.38 Å². The van der Waals surface area contributed by atoms with Crippen molar-refractivity contribution in [3.05, 3.63) is 17.0 Å². The molecule has 1 atom stereocenters. The van der Waals surface area contributed by atoms with Crippen molar-refractivity contribution in [2.45, 2.75) is 29.1 Å². The maximum absolute atomic E-state index is 12.7. The average Bonchev–Trinajstić information content (AvgIpc) is 2.87. The van der Waals surface area contributed by atoms with E-state index >= 15 is 0 Å². The molecule has 1 fully saturated rings. The number of thiophene rings is 1. The van der Waals surface area contributed by atoms with Crippen LogP contribution in [0.3, 0.4) is 0 Å². The predicted octanol–water partition coefficient (Wildman–Crippen LogP) is 3.45. The van der Waals surface area contributed by atoms with Crippen molar-refractivity contribution in [3.8, 4) is 0 Å². The lowest BCUT2D eigenvalue weighted by Crippen LogP contribution is -2.44. The monoisotopic (exact) mass is 347 g/mol. The van der Waals surface area contributed by atoms with Crippen LogP contribution < -0.4 is 0 Å². The lowest BCUT2D eigenvalue weighted by molar-refractivity contribution is -0.182. The molecule has 1 aliphatic heterocycles. The number of hydrogen-bond donors (Lipinski definition) is 0. The van der Waals surface area contributed by atoms with Crippen LogP contribution in [0.25, 0.3) is 0 Å². The largest absolute Gasteiger partial charge is 0.393 e. The van der Waals surface area contributed by atoms with Crippen LogP contribution >= 0.6 is 22.9 Å². The highest BCUT2D eigenvalue weighted by molar-refractivity contribution is 7.91. The average molecular weight is 348 g/mol. The molecule has 1 aliphatic rings. The number of rotatable bonds is 3. The Labute approximate surface area is 124 Å². The number of sulfonamides is 1. The van der Waals surface area contributed by atoms with E-state index in [2.05, 4.69) is 0 Å². The van der Waals surface area contributed by atoms with Gasteiger partial charge in [0.1, 0.15) is 4.21 Å². The predicted molar refractivity (Wildman–Crippen MR) is 71.4 cm³/mol. The molecule has 2 heterocycles. The molecule has 0 saturated carbocycles. The van der Waals surface area contributed by atoms with Crippen molar-refractivity contribution in [1.29, 1.82) is 0 Å². The molecular weight excluding hydrogens is 335 g/mol. The minimum Gasteiger partial charge on any atom is -0.206 e. The SMILES string of the molecule is O=S(=O)(c1cc(CCl)cs1)N1CCCC(C(F)(F)F)C1. The standard InChI is InChI=1S/C11H13ClF3NO2S2/c12-5-8-4-10(19-7-8)20(17,18)16-3-1-2-9(6-16)11(13,14)15/h4,7,9H,1-3,5-6H2. The lowest BCUT2D eigenvalue weighted by atomic mass is 9.99. The Morgan fingerprint density at radius 3 is 2.70 bits per heavy atom. The molecule has 0 aromatic carbocycles. The van der Waals surface area contributed by atoms with Crippen LogP contribution in [0, 0.1) is 5.92 Å². The van der Waals surface area contributed by atoms with Gasteiger partial charge in [-0.25, -0.2) is 8.42 Å². The zero-order valence-corrected chi connectivity index (χ0v) is 12.7. The fourth-order valence-electron chi connectivity index (χ4n) is 2.11. The van der Waals surface area contributed by atoms with Gasteiger partial charge < -0.3 is 0 Å². The quantitative estimate of drug-likeness (QED) is 0.785. The first kappa shape index (κ1) is 16.1. The summed E-state index contributed by atoms with van der Waals surface area (Å²) >= 11 is 6.60. The van der Waals surface area contributed by atoms with Crippen molar-refractivity contribution in [2.24, 2.45) is 5.92 Å². The Balaban J connectivity index is 2.21. The van der Waals surface area contributed by atoms with Crippen molar-refractivity contribution >= 4 is 33.0 Å². The summed E-state index contributed by atoms with van der Waals surface area (Å²) in [5.41, 5.74) is 0.652. The Kier molecular flexibility index (Phi) is 4.68. The molecule has 1 unspecified atom stereocenters. The highest BCUT2D eigenvalue weighted by atomic mass is 35.5. The molecule has 1 aromatic heterocycles. The third-order valence-corrected chi connectivity index (χ3v) is 6.86. The molecule has 20 heavy (non-hydrogen) atoms. The molecule has 2 rings (SSSR count). The van der Waals surface area contributed by atoms with E-state index in [-0.39, 0.29) is 29.5 Å². The fourth-order valence-corrected chi connectivity index (χ4v) is 5.25. The minimum atomic E-state index is -4.36. The molecule has 1 saturated heterocycles. The summed E-state index contributed by atoms with van der Waals surface area (Å²) in [6.07, 6.45) is -4.16. The maximum Gasteiger partial charge on any atom is 0.393 e. The molecule has 0 radical (unpaired) electrons. The van der Waals surface area contributed by atoms with Crippen LogP contribution in [-0.4, -0.2) is 32.0 Å². The molecule has 0 N–H and O–H groups in total.